The Balaban J connectivity index is 2.34. The third-order valence-corrected chi connectivity index (χ3v) is 11.9. The summed E-state index contributed by atoms with van der Waals surface area (Å²) < 4.78 is 0. The second-order valence-corrected chi connectivity index (χ2v) is 17.9. The Morgan fingerprint density at radius 1 is 0.696 bits per heavy atom. The quantitative estimate of drug-likeness (QED) is 0.0340. The van der Waals surface area contributed by atoms with E-state index in [0.717, 1.165) is 0 Å². The van der Waals surface area contributed by atoms with Gasteiger partial charge < -0.3 is 70.2 Å². The van der Waals surface area contributed by atoms with Crippen molar-refractivity contribution in [3.63, 3.8) is 0 Å². The second-order valence-electron chi connectivity index (χ2n) is 17.2. The summed E-state index contributed by atoms with van der Waals surface area (Å²) in [6.45, 7) is 6.61. The van der Waals surface area contributed by atoms with Crippen LogP contribution in [0.5, 0.6) is 5.75 Å². The molecular formula is C43H68N12O12S2. The SMILES string of the molecule is CC[C@H](C)[C@H](NC(=O)[C@H](Cc1ccc(O)cc1)NC(=O)[C@H](N)CS)C(=O)N[C@@H](CCC(N)=O)C(=O)N[C@@H](CC(N)=O)C(=O)N[C@@H](CS)C(=O)N1CCC[C@H]1C(=O)N[C@@H](CC(C)C)C(=O)NCC(N)=O. The van der Waals surface area contributed by atoms with Gasteiger partial charge in [-0.1, -0.05) is 46.2 Å². The number of nitrogens with zero attached hydrogens (tertiary/aromatic N) is 1. The van der Waals surface area contributed by atoms with Crippen LogP contribution in [0.3, 0.4) is 0 Å². The van der Waals surface area contributed by atoms with Crippen LogP contribution in [0.2, 0.25) is 0 Å². The maximum absolute atomic E-state index is 14.0. The van der Waals surface area contributed by atoms with E-state index in [4.69, 9.17) is 22.9 Å². The molecule has 11 amide bonds. The Hall–Kier alpha value is -6.15. The highest BCUT2D eigenvalue weighted by Gasteiger charge is 2.40. The Labute approximate surface area is 411 Å². The smallest absolute Gasteiger partial charge is 0.246 e. The first-order valence-electron chi connectivity index (χ1n) is 22.4. The van der Waals surface area contributed by atoms with E-state index in [2.05, 4.69) is 62.5 Å². The summed E-state index contributed by atoms with van der Waals surface area (Å²) >= 11 is 8.28. The van der Waals surface area contributed by atoms with Gasteiger partial charge in [0.15, 0.2) is 0 Å². The van der Waals surface area contributed by atoms with Crippen LogP contribution in [0, 0.1) is 11.8 Å². The van der Waals surface area contributed by atoms with Gasteiger partial charge in [-0.15, -0.1) is 0 Å². The Morgan fingerprint density at radius 3 is 1.83 bits per heavy atom. The predicted octanol–water partition coefficient (Wildman–Crippen LogP) is -4.14. The first-order valence-corrected chi connectivity index (χ1v) is 23.7. The molecular weight excluding hydrogens is 941 g/mol. The van der Waals surface area contributed by atoms with Crippen molar-refractivity contribution in [3.05, 3.63) is 29.8 Å². The van der Waals surface area contributed by atoms with Crippen molar-refractivity contribution in [1.29, 1.82) is 0 Å². The van der Waals surface area contributed by atoms with Gasteiger partial charge in [-0.25, -0.2) is 0 Å². The minimum Gasteiger partial charge on any atom is -0.508 e. The lowest BCUT2D eigenvalue weighted by atomic mass is 9.96. The Bertz CT molecular complexity index is 2010. The van der Waals surface area contributed by atoms with E-state index in [9.17, 15) is 57.8 Å². The fraction of sp³-hybridized carbons (Fsp3) is 0.605. The van der Waals surface area contributed by atoms with E-state index in [-0.39, 0.29) is 49.0 Å². The van der Waals surface area contributed by atoms with Crippen molar-refractivity contribution < 1.29 is 57.8 Å². The number of phenolic OH excluding ortho intramolecular Hbond substituents is 1. The third-order valence-electron chi connectivity index (χ3n) is 11.1. The maximum atomic E-state index is 14.0. The molecule has 2 rings (SSSR count). The molecule has 1 fully saturated rings. The van der Waals surface area contributed by atoms with Crippen LogP contribution >= 0.6 is 25.3 Å². The topological polar surface area (TPSA) is 400 Å². The van der Waals surface area contributed by atoms with Crippen LogP contribution in [-0.2, 0) is 59.2 Å². The summed E-state index contributed by atoms with van der Waals surface area (Å²) in [5.74, 6) is -10.5. The van der Waals surface area contributed by atoms with Crippen LogP contribution in [0.25, 0.3) is 0 Å². The van der Waals surface area contributed by atoms with Crippen LogP contribution in [0.15, 0.2) is 24.3 Å². The predicted molar refractivity (Wildman–Crippen MR) is 257 cm³/mol. The zero-order valence-corrected chi connectivity index (χ0v) is 40.9. The Kier molecular flexibility index (Phi) is 24.8. The van der Waals surface area contributed by atoms with Gasteiger partial charge in [0.2, 0.25) is 65.0 Å². The standard InChI is InChI=1S/C43H68N12O12S2/c1-5-22(4)35(54-40(64)28(50-36(60)25(44)19-68)16-23-8-10-24(56)11-9-23)42(66)49-26(12-13-32(45)57)38(62)51-29(17-33(46)58)39(63)53-30(20-69)43(67)55-14-6-7-31(55)41(65)52-27(15-21(2)3)37(61)48-18-34(47)59/h8-11,21-22,25-31,35,56,68-69H,5-7,12-20,44H2,1-4H3,(H2,45,57)(H2,46,58)(H2,47,59)(H,48,61)(H,49,66)(H,50,60)(H,51,62)(H,52,65)(H,53,63)(H,54,64)/t22-,25+,26-,27-,28-,29-,30-,31-,35-/m0/s1. The summed E-state index contributed by atoms with van der Waals surface area (Å²) in [6, 6.07) is -4.84. The first kappa shape index (κ1) is 59.0. The lowest BCUT2D eigenvalue weighted by Crippen LogP contribution is -2.61. The number of hydrogen-bond acceptors (Lipinski definition) is 15. The van der Waals surface area contributed by atoms with Crippen molar-refractivity contribution >= 4 is 90.2 Å². The third kappa shape index (κ3) is 19.8. The van der Waals surface area contributed by atoms with E-state index >= 15 is 0 Å². The van der Waals surface area contributed by atoms with E-state index in [0.29, 0.717) is 18.4 Å². The van der Waals surface area contributed by atoms with Gasteiger partial charge in [0, 0.05) is 30.9 Å². The first-order chi connectivity index (χ1) is 32.4. The van der Waals surface area contributed by atoms with E-state index < -0.39 is 145 Å². The largest absolute Gasteiger partial charge is 0.508 e. The lowest BCUT2D eigenvalue weighted by Gasteiger charge is -2.30. The van der Waals surface area contributed by atoms with Crippen molar-refractivity contribution in [2.75, 3.05) is 24.6 Å². The molecule has 24 nitrogen and oxygen atoms in total. The van der Waals surface area contributed by atoms with Gasteiger partial charge in [-0.05, 0) is 55.2 Å². The van der Waals surface area contributed by atoms with Crippen molar-refractivity contribution in [3.8, 4) is 5.75 Å². The fourth-order valence-electron chi connectivity index (χ4n) is 7.12. The molecule has 0 aromatic heterocycles. The molecule has 0 aliphatic carbocycles. The molecule has 16 N–H and O–H groups in total. The number of nitrogens with one attached hydrogen (secondary N) is 7. The molecule has 1 aromatic rings. The molecule has 0 bridgehead atoms. The molecule has 384 valence electrons. The second kappa shape index (κ2) is 29.0. The number of primary amides is 3. The Morgan fingerprint density at radius 2 is 1.28 bits per heavy atom. The molecule has 0 spiro atoms. The summed E-state index contributed by atoms with van der Waals surface area (Å²) in [6.07, 6.45) is -0.672. The number of aromatic hydroxyl groups is 1. The van der Waals surface area contributed by atoms with Gasteiger partial charge in [-0.2, -0.15) is 25.3 Å². The average Bonchev–Trinajstić information content (AvgIpc) is 3.79. The molecule has 0 unspecified atom stereocenters. The molecule has 26 heteroatoms. The summed E-state index contributed by atoms with van der Waals surface area (Å²) in [4.78, 5) is 145. The van der Waals surface area contributed by atoms with E-state index in [1.54, 1.807) is 13.8 Å². The zero-order chi connectivity index (χ0) is 52.1. The highest BCUT2D eigenvalue weighted by Crippen LogP contribution is 2.20. The highest BCUT2D eigenvalue weighted by molar-refractivity contribution is 7.80. The fourth-order valence-corrected chi connectivity index (χ4v) is 7.54. The van der Waals surface area contributed by atoms with Gasteiger partial charge in [-0.3, -0.25) is 52.7 Å². The van der Waals surface area contributed by atoms with E-state index in [1.165, 1.54) is 29.2 Å². The van der Waals surface area contributed by atoms with Crippen LogP contribution < -0.4 is 60.2 Å². The molecule has 0 radical (unpaired) electrons. The molecule has 0 saturated carbocycles. The van der Waals surface area contributed by atoms with Crippen molar-refractivity contribution in [2.24, 2.45) is 34.8 Å². The number of carbonyl (C=O) groups excluding carboxylic acids is 11. The van der Waals surface area contributed by atoms with Gasteiger partial charge >= 0.3 is 0 Å². The van der Waals surface area contributed by atoms with Crippen molar-refractivity contribution in [1.82, 2.24) is 42.1 Å². The minimum atomic E-state index is -1.76. The molecule has 1 aromatic carbocycles. The highest BCUT2D eigenvalue weighted by atomic mass is 32.1. The average molecular weight is 1010 g/mol. The van der Waals surface area contributed by atoms with Crippen molar-refractivity contribution in [2.45, 2.75) is 127 Å². The van der Waals surface area contributed by atoms with Crippen LogP contribution in [0.1, 0.15) is 78.2 Å². The number of benzene rings is 1. The zero-order valence-electron chi connectivity index (χ0n) is 39.2. The molecule has 69 heavy (non-hydrogen) atoms. The lowest BCUT2D eigenvalue weighted by molar-refractivity contribution is -0.142. The van der Waals surface area contributed by atoms with Gasteiger partial charge in [0.1, 0.15) is 48.0 Å². The van der Waals surface area contributed by atoms with Gasteiger partial charge in [0.05, 0.1) is 19.0 Å². The summed E-state index contributed by atoms with van der Waals surface area (Å²) in [7, 11) is 0. The number of thiol groups is 2. The summed E-state index contributed by atoms with van der Waals surface area (Å²) in [5.41, 5.74) is 22.4. The molecule has 1 heterocycles. The number of rotatable bonds is 29. The molecule has 1 aliphatic rings. The number of nitrogens with two attached hydrogens (primary N) is 4. The van der Waals surface area contributed by atoms with Crippen LogP contribution in [-0.4, -0.2) is 148 Å². The number of likely N-dealkylation sites (tertiary alicyclic amines) is 1. The number of carbonyl (C=O) groups is 11. The van der Waals surface area contributed by atoms with E-state index in [1.807, 2.05) is 13.8 Å². The summed E-state index contributed by atoms with van der Waals surface area (Å²) in [5, 5.41) is 27.2. The van der Waals surface area contributed by atoms with Gasteiger partial charge in [0.25, 0.3) is 0 Å². The normalized spacial score (nSPS) is 16.8. The maximum Gasteiger partial charge on any atom is 0.246 e. The number of phenols is 1. The molecule has 1 aliphatic heterocycles. The number of amides is 11. The van der Waals surface area contributed by atoms with Crippen LogP contribution in [0.4, 0.5) is 0 Å². The molecule has 9 atom stereocenters. The number of hydrogen-bond donors (Lipinski definition) is 14. The molecule has 1 saturated heterocycles. The monoisotopic (exact) mass is 1010 g/mol. The minimum absolute atomic E-state index is 0.0424.